The first kappa shape index (κ1) is 9.30. The van der Waals surface area contributed by atoms with Crippen molar-refractivity contribution in [3.63, 3.8) is 0 Å². The van der Waals surface area contributed by atoms with Gasteiger partial charge in [-0.1, -0.05) is 18.9 Å². The highest BCUT2D eigenvalue weighted by atomic mass is 14.2. The van der Waals surface area contributed by atoms with Gasteiger partial charge in [0.05, 0.1) is 0 Å². The van der Waals surface area contributed by atoms with Gasteiger partial charge in [0, 0.05) is 5.41 Å². The fraction of sp³-hybridized carbons (Fsp3) is 0.600. The van der Waals surface area contributed by atoms with Crippen LogP contribution in [0, 0.1) is 23.7 Å². The van der Waals surface area contributed by atoms with Crippen LogP contribution in [0.4, 0.5) is 0 Å². The quantitative estimate of drug-likeness (QED) is 0.413. The Balaban J connectivity index is 4.29. The molecule has 0 aliphatic rings. The maximum atomic E-state index is 5.36. The van der Waals surface area contributed by atoms with Gasteiger partial charge < -0.3 is 0 Å². The molecule has 0 nitrogen and oxygen atoms in total. The molecular formula is C10H16. The molecule has 1 atom stereocenters. The number of hydrogen-bond donors (Lipinski definition) is 0. The Hall–Kier alpha value is -0.700. The molecule has 56 valence electrons. The van der Waals surface area contributed by atoms with Crippen LogP contribution in [0.5, 0.6) is 0 Å². The Labute approximate surface area is 64.3 Å². The molecule has 0 aromatic carbocycles. The summed E-state index contributed by atoms with van der Waals surface area (Å²) in [5.41, 5.74) is -0.0312. The monoisotopic (exact) mass is 136 g/mol. The molecule has 0 aliphatic heterocycles. The van der Waals surface area contributed by atoms with Crippen molar-refractivity contribution in [2.45, 2.75) is 27.2 Å². The normalized spacial score (nSPS) is 13.8. The second kappa shape index (κ2) is 3.46. The van der Waals surface area contributed by atoms with E-state index in [0.29, 0.717) is 5.92 Å². The highest BCUT2D eigenvalue weighted by molar-refractivity contribution is 5.07. The summed E-state index contributed by atoms with van der Waals surface area (Å²) < 4.78 is 0. The molecule has 0 bridgehead atoms. The van der Waals surface area contributed by atoms with E-state index in [1.807, 2.05) is 6.08 Å². The lowest BCUT2D eigenvalue weighted by Gasteiger charge is -2.25. The van der Waals surface area contributed by atoms with Crippen LogP contribution in [-0.4, -0.2) is 0 Å². The van der Waals surface area contributed by atoms with Crippen LogP contribution in [0.15, 0.2) is 12.7 Å². The number of rotatable bonds is 3. The number of terminal acetylenes is 1. The van der Waals surface area contributed by atoms with Gasteiger partial charge in [0.2, 0.25) is 0 Å². The van der Waals surface area contributed by atoms with Crippen molar-refractivity contribution in [1.82, 2.24) is 0 Å². The molecule has 0 rings (SSSR count). The van der Waals surface area contributed by atoms with E-state index in [1.54, 1.807) is 0 Å². The van der Waals surface area contributed by atoms with E-state index in [-0.39, 0.29) is 5.41 Å². The van der Waals surface area contributed by atoms with Gasteiger partial charge in [-0.25, -0.2) is 0 Å². The Morgan fingerprint density at radius 3 is 2.30 bits per heavy atom. The minimum Gasteiger partial charge on any atom is -0.120 e. The summed E-state index contributed by atoms with van der Waals surface area (Å²) in [7, 11) is 0. The van der Waals surface area contributed by atoms with Gasteiger partial charge in [-0.2, -0.15) is 0 Å². The van der Waals surface area contributed by atoms with Crippen LogP contribution in [-0.2, 0) is 0 Å². The zero-order valence-electron chi connectivity index (χ0n) is 7.15. The number of hydrogen-bond acceptors (Lipinski definition) is 0. The molecule has 0 heteroatoms. The summed E-state index contributed by atoms with van der Waals surface area (Å²) in [6, 6.07) is 0. The molecular weight excluding hydrogens is 120 g/mol. The summed E-state index contributed by atoms with van der Waals surface area (Å²) in [6.07, 6.45) is 8.38. The Kier molecular flexibility index (Phi) is 3.22. The summed E-state index contributed by atoms with van der Waals surface area (Å²) in [6.45, 7) is 10.0. The fourth-order valence-corrected chi connectivity index (χ4v) is 1.08. The van der Waals surface area contributed by atoms with Crippen LogP contribution in [0.2, 0.25) is 0 Å². The molecule has 0 N–H and O–H groups in total. The Morgan fingerprint density at radius 2 is 2.20 bits per heavy atom. The third-order valence-corrected chi connectivity index (χ3v) is 2.02. The van der Waals surface area contributed by atoms with E-state index in [1.165, 1.54) is 0 Å². The number of allylic oxidation sites excluding steroid dienone is 1. The zero-order chi connectivity index (χ0) is 8.20. The van der Waals surface area contributed by atoms with Crippen molar-refractivity contribution in [3.05, 3.63) is 12.7 Å². The van der Waals surface area contributed by atoms with Crippen molar-refractivity contribution < 1.29 is 0 Å². The second-order valence-corrected chi connectivity index (χ2v) is 3.12. The smallest absolute Gasteiger partial charge is 0.0318 e. The lowest BCUT2D eigenvalue weighted by molar-refractivity contribution is 0.351. The van der Waals surface area contributed by atoms with Gasteiger partial charge in [0.15, 0.2) is 0 Å². The van der Waals surface area contributed by atoms with E-state index in [4.69, 9.17) is 6.42 Å². The zero-order valence-corrected chi connectivity index (χ0v) is 7.15. The molecule has 0 radical (unpaired) electrons. The van der Waals surface area contributed by atoms with E-state index in [0.717, 1.165) is 6.42 Å². The first-order valence-electron chi connectivity index (χ1n) is 3.68. The molecule has 10 heavy (non-hydrogen) atoms. The molecule has 0 fully saturated rings. The summed E-state index contributed by atoms with van der Waals surface area (Å²) in [5.74, 6) is 3.21. The molecule has 0 saturated heterocycles. The van der Waals surface area contributed by atoms with Gasteiger partial charge in [-0.05, 0) is 26.2 Å². The summed E-state index contributed by atoms with van der Waals surface area (Å²) in [5, 5.41) is 0. The molecule has 1 unspecified atom stereocenters. The fourth-order valence-electron chi connectivity index (χ4n) is 1.08. The minimum absolute atomic E-state index is 0.0312. The molecule has 0 saturated carbocycles. The lowest BCUT2D eigenvalue weighted by Crippen LogP contribution is -2.19. The topological polar surface area (TPSA) is 0 Å². The van der Waals surface area contributed by atoms with Gasteiger partial charge >= 0.3 is 0 Å². The standard InChI is InChI=1S/C10H16/c1-6-9(7-2)10(4,5)8-3/h3,6,9H,1,7H2,2,4-5H3. The summed E-state index contributed by atoms with van der Waals surface area (Å²) >= 11 is 0. The Morgan fingerprint density at radius 1 is 1.70 bits per heavy atom. The maximum Gasteiger partial charge on any atom is 0.0318 e. The van der Waals surface area contributed by atoms with Gasteiger partial charge in [-0.3, -0.25) is 0 Å². The lowest BCUT2D eigenvalue weighted by atomic mass is 9.78. The SMILES string of the molecule is C#CC(C)(C)C(C=C)CC. The van der Waals surface area contributed by atoms with Gasteiger partial charge in [0.1, 0.15) is 0 Å². The van der Waals surface area contributed by atoms with Crippen LogP contribution in [0.25, 0.3) is 0 Å². The average molecular weight is 136 g/mol. The minimum atomic E-state index is -0.0312. The van der Waals surface area contributed by atoms with Crippen molar-refractivity contribution in [3.8, 4) is 12.3 Å². The van der Waals surface area contributed by atoms with Gasteiger partial charge in [0.25, 0.3) is 0 Å². The third kappa shape index (κ3) is 1.92. The molecule has 0 amide bonds. The van der Waals surface area contributed by atoms with Crippen molar-refractivity contribution in [1.29, 1.82) is 0 Å². The first-order chi connectivity index (χ1) is 4.58. The van der Waals surface area contributed by atoms with Crippen LogP contribution >= 0.6 is 0 Å². The van der Waals surface area contributed by atoms with E-state index >= 15 is 0 Å². The highest BCUT2D eigenvalue weighted by Crippen LogP contribution is 2.28. The van der Waals surface area contributed by atoms with Crippen molar-refractivity contribution in [2.24, 2.45) is 11.3 Å². The van der Waals surface area contributed by atoms with Crippen LogP contribution in [0.1, 0.15) is 27.2 Å². The molecule has 0 aliphatic carbocycles. The second-order valence-electron chi connectivity index (χ2n) is 3.12. The molecule has 0 heterocycles. The van der Waals surface area contributed by atoms with Gasteiger partial charge in [-0.15, -0.1) is 13.0 Å². The van der Waals surface area contributed by atoms with E-state index in [2.05, 4.69) is 33.3 Å². The summed E-state index contributed by atoms with van der Waals surface area (Å²) in [4.78, 5) is 0. The maximum absolute atomic E-state index is 5.36. The predicted molar refractivity (Wildman–Crippen MR) is 46.6 cm³/mol. The first-order valence-corrected chi connectivity index (χ1v) is 3.68. The largest absolute Gasteiger partial charge is 0.120 e. The average Bonchev–Trinajstić information content (AvgIpc) is 1.90. The van der Waals surface area contributed by atoms with Crippen LogP contribution < -0.4 is 0 Å². The highest BCUT2D eigenvalue weighted by Gasteiger charge is 2.22. The molecule has 0 aromatic rings. The van der Waals surface area contributed by atoms with E-state index in [9.17, 15) is 0 Å². The van der Waals surface area contributed by atoms with Crippen molar-refractivity contribution >= 4 is 0 Å². The third-order valence-electron chi connectivity index (χ3n) is 2.02. The Bertz CT molecular complexity index is 146. The molecule has 0 spiro atoms. The van der Waals surface area contributed by atoms with E-state index < -0.39 is 0 Å². The van der Waals surface area contributed by atoms with Crippen LogP contribution in [0.3, 0.4) is 0 Å². The van der Waals surface area contributed by atoms with Crippen molar-refractivity contribution in [2.75, 3.05) is 0 Å². The predicted octanol–water partition coefficient (Wildman–Crippen LogP) is 2.86. The molecule has 0 aromatic heterocycles.